The van der Waals surface area contributed by atoms with Gasteiger partial charge < -0.3 is 0 Å². The average Bonchev–Trinajstić information content (AvgIpc) is 2.90. The first-order valence-electron chi connectivity index (χ1n) is 6.01. The van der Waals surface area contributed by atoms with Crippen molar-refractivity contribution in [2.75, 3.05) is 5.33 Å². The van der Waals surface area contributed by atoms with E-state index >= 15 is 0 Å². The molecule has 20 heavy (non-hydrogen) atoms. The summed E-state index contributed by atoms with van der Waals surface area (Å²) in [4.78, 5) is 11.7. The lowest BCUT2D eigenvalue weighted by atomic mass is 10.1. The molecule has 0 aliphatic heterocycles. The Kier molecular flexibility index (Phi) is 3.36. The number of carbonyl (C=O) groups is 1. The maximum atomic E-state index is 12.9. The highest BCUT2D eigenvalue weighted by atomic mass is 79.9. The number of aromatic nitrogens is 2. The van der Waals surface area contributed by atoms with E-state index in [0.29, 0.717) is 5.56 Å². The van der Waals surface area contributed by atoms with Crippen molar-refractivity contribution in [1.29, 1.82) is 0 Å². The van der Waals surface area contributed by atoms with Crippen LogP contribution < -0.4 is 0 Å². The van der Waals surface area contributed by atoms with Crippen LogP contribution in [0.4, 0.5) is 4.39 Å². The van der Waals surface area contributed by atoms with Crippen LogP contribution in [0, 0.1) is 5.82 Å². The maximum absolute atomic E-state index is 12.9. The molecule has 0 spiro atoms. The number of Topliss-reactive ketones (excluding diaryl/α,β-unsaturated/α-hetero) is 1. The monoisotopic (exact) mass is 332 g/mol. The number of fused-ring (bicyclic) bond motifs is 1. The Labute approximate surface area is 123 Å². The van der Waals surface area contributed by atoms with E-state index in [0.717, 1.165) is 16.6 Å². The van der Waals surface area contributed by atoms with Gasteiger partial charge in [-0.25, -0.2) is 8.91 Å². The summed E-state index contributed by atoms with van der Waals surface area (Å²) in [6.45, 7) is 0. The lowest BCUT2D eigenvalue weighted by molar-refractivity contribution is 0.102. The molecule has 3 rings (SSSR count). The van der Waals surface area contributed by atoms with Crippen LogP contribution in [0.3, 0.4) is 0 Å². The van der Waals surface area contributed by atoms with E-state index in [1.54, 1.807) is 22.8 Å². The van der Waals surface area contributed by atoms with Crippen molar-refractivity contribution < 1.29 is 9.18 Å². The molecule has 0 fully saturated rings. The van der Waals surface area contributed by atoms with Crippen molar-refractivity contribution in [3.8, 4) is 11.1 Å². The first kappa shape index (κ1) is 13.0. The van der Waals surface area contributed by atoms with E-state index in [4.69, 9.17) is 0 Å². The number of hydrogen-bond acceptors (Lipinski definition) is 2. The van der Waals surface area contributed by atoms with Crippen molar-refractivity contribution in [2.45, 2.75) is 0 Å². The van der Waals surface area contributed by atoms with Crippen LogP contribution in [-0.4, -0.2) is 20.7 Å². The Bertz CT molecular complexity index is 780. The second kappa shape index (κ2) is 5.17. The van der Waals surface area contributed by atoms with Gasteiger partial charge in [0.2, 0.25) is 0 Å². The minimum atomic E-state index is -0.265. The predicted molar refractivity (Wildman–Crippen MR) is 78.7 cm³/mol. The van der Waals surface area contributed by atoms with Crippen LogP contribution >= 0.6 is 15.9 Å². The fraction of sp³-hybridized carbons (Fsp3) is 0.0667. The summed E-state index contributed by atoms with van der Waals surface area (Å²) in [5, 5.41) is 4.46. The lowest BCUT2D eigenvalue weighted by Gasteiger charge is -2.03. The first-order chi connectivity index (χ1) is 9.69. The summed E-state index contributed by atoms with van der Waals surface area (Å²) in [6.07, 6.45) is 3.39. The lowest BCUT2D eigenvalue weighted by Crippen LogP contribution is -1.99. The summed E-state index contributed by atoms with van der Waals surface area (Å²) >= 11 is 3.16. The molecular weight excluding hydrogens is 323 g/mol. The number of halogens is 2. The van der Waals surface area contributed by atoms with Crippen molar-refractivity contribution in [2.24, 2.45) is 0 Å². The highest BCUT2D eigenvalue weighted by molar-refractivity contribution is 9.09. The molecule has 0 atom stereocenters. The molecule has 0 radical (unpaired) electrons. The molecule has 0 saturated carbocycles. The first-order valence-corrected chi connectivity index (χ1v) is 7.13. The minimum absolute atomic E-state index is 0.00506. The van der Waals surface area contributed by atoms with E-state index in [2.05, 4.69) is 21.0 Å². The third-order valence-corrected chi connectivity index (χ3v) is 3.62. The Balaban J connectivity index is 2.08. The summed E-state index contributed by atoms with van der Waals surface area (Å²) in [6, 6.07) is 10.0. The molecule has 0 aliphatic carbocycles. The van der Waals surface area contributed by atoms with Gasteiger partial charge in [-0.3, -0.25) is 4.79 Å². The second-order valence-electron chi connectivity index (χ2n) is 4.37. The van der Waals surface area contributed by atoms with Gasteiger partial charge in [0, 0.05) is 11.8 Å². The minimum Gasteiger partial charge on any atom is -0.293 e. The van der Waals surface area contributed by atoms with Crippen LogP contribution in [-0.2, 0) is 0 Å². The zero-order valence-electron chi connectivity index (χ0n) is 10.4. The molecule has 0 unspecified atom stereocenters. The highest BCUT2D eigenvalue weighted by Gasteiger charge is 2.11. The normalized spacial score (nSPS) is 10.9. The van der Waals surface area contributed by atoms with Gasteiger partial charge in [0.15, 0.2) is 5.78 Å². The van der Waals surface area contributed by atoms with Gasteiger partial charge in [0.05, 0.1) is 22.6 Å². The summed E-state index contributed by atoms with van der Waals surface area (Å²) < 4.78 is 14.6. The molecule has 0 aliphatic rings. The largest absolute Gasteiger partial charge is 0.293 e. The smallest absolute Gasteiger partial charge is 0.177 e. The topological polar surface area (TPSA) is 34.4 Å². The van der Waals surface area contributed by atoms with Gasteiger partial charge >= 0.3 is 0 Å². The Morgan fingerprint density at radius 2 is 1.85 bits per heavy atom. The molecule has 3 nitrogen and oxygen atoms in total. The predicted octanol–water partition coefficient (Wildman–Crippen LogP) is 3.72. The van der Waals surface area contributed by atoms with Crippen LogP contribution in [0.5, 0.6) is 0 Å². The van der Waals surface area contributed by atoms with Gasteiger partial charge in [-0.15, -0.1) is 0 Å². The summed E-state index contributed by atoms with van der Waals surface area (Å²) in [5.41, 5.74) is 3.17. The molecule has 1 aromatic carbocycles. The van der Waals surface area contributed by atoms with E-state index in [1.807, 2.05) is 18.3 Å². The Hall–Kier alpha value is -2.01. The number of rotatable bonds is 3. The number of hydrogen-bond donors (Lipinski definition) is 0. The molecule has 0 amide bonds. The van der Waals surface area contributed by atoms with Crippen molar-refractivity contribution in [3.63, 3.8) is 0 Å². The van der Waals surface area contributed by atoms with Crippen molar-refractivity contribution in [1.82, 2.24) is 9.61 Å². The molecular formula is C15H10BrFN2O. The number of ketones is 1. The Morgan fingerprint density at radius 3 is 2.55 bits per heavy atom. The van der Waals surface area contributed by atoms with Crippen LogP contribution in [0.25, 0.3) is 16.6 Å². The second-order valence-corrected chi connectivity index (χ2v) is 4.93. The third kappa shape index (κ3) is 2.25. The van der Waals surface area contributed by atoms with E-state index < -0.39 is 0 Å². The van der Waals surface area contributed by atoms with E-state index in [1.165, 1.54) is 12.1 Å². The van der Waals surface area contributed by atoms with Gasteiger partial charge in [0.25, 0.3) is 0 Å². The Morgan fingerprint density at radius 1 is 1.15 bits per heavy atom. The van der Waals surface area contributed by atoms with Gasteiger partial charge in [-0.1, -0.05) is 34.1 Å². The molecule has 5 heteroatoms. The summed E-state index contributed by atoms with van der Waals surface area (Å²) in [7, 11) is 0. The zero-order chi connectivity index (χ0) is 14.1. The van der Waals surface area contributed by atoms with Crippen LogP contribution in [0.15, 0.2) is 48.8 Å². The molecule has 3 aromatic rings. The fourth-order valence-corrected chi connectivity index (χ4v) is 2.39. The fourth-order valence-electron chi connectivity index (χ4n) is 2.08. The van der Waals surface area contributed by atoms with Gasteiger partial charge in [0.1, 0.15) is 5.82 Å². The zero-order valence-corrected chi connectivity index (χ0v) is 12.0. The van der Waals surface area contributed by atoms with Crippen molar-refractivity contribution >= 4 is 27.2 Å². The molecule has 0 bridgehead atoms. The SMILES string of the molecule is O=C(CBr)c1cnn2cc(-c3ccc(F)cc3)ccc12. The van der Waals surface area contributed by atoms with Gasteiger partial charge in [-0.2, -0.15) is 5.10 Å². The van der Waals surface area contributed by atoms with Crippen LogP contribution in [0.1, 0.15) is 10.4 Å². The quantitative estimate of drug-likeness (QED) is 0.541. The number of alkyl halides is 1. The number of benzene rings is 1. The number of carbonyl (C=O) groups excluding carboxylic acids is 1. The van der Waals surface area contributed by atoms with E-state index in [-0.39, 0.29) is 16.9 Å². The average molecular weight is 333 g/mol. The van der Waals surface area contributed by atoms with Crippen molar-refractivity contribution in [3.05, 3.63) is 60.2 Å². The summed E-state index contributed by atoms with van der Waals surface area (Å²) in [5.74, 6) is -0.270. The third-order valence-electron chi connectivity index (χ3n) is 3.12. The van der Waals surface area contributed by atoms with Crippen LogP contribution in [0.2, 0.25) is 0 Å². The molecule has 0 saturated heterocycles. The number of pyridine rings is 1. The molecule has 2 heterocycles. The maximum Gasteiger partial charge on any atom is 0.177 e. The molecule has 0 N–H and O–H groups in total. The van der Waals surface area contributed by atoms with Gasteiger partial charge in [-0.05, 0) is 23.8 Å². The standard InChI is InChI=1S/C15H10BrFN2O/c16-7-15(20)13-8-18-19-9-11(3-6-14(13)19)10-1-4-12(17)5-2-10/h1-6,8-9H,7H2. The molecule has 2 aromatic heterocycles. The number of nitrogens with zero attached hydrogens (tertiary/aromatic N) is 2. The molecule has 100 valence electrons. The van der Waals surface area contributed by atoms with E-state index in [9.17, 15) is 9.18 Å². The highest BCUT2D eigenvalue weighted by Crippen LogP contribution is 2.22.